The van der Waals surface area contributed by atoms with Gasteiger partial charge in [-0.2, -0.15) is 0 Å². The maximum absolute atomic E-state index is 14.0. The average molecular weight is 730 g/mol. The minimum atomic E-state index is -2.91. The molecule has 8 nitrogen and oxygen atoms in total. The summed E-state index contributed by atoms with van der Waals surface area (Å²) in [5.74, 6) is 5.57. The van der Waals surface area contributed by atoms with Gasteiger partial charge in [0.2, 0.25) is 0 Å². The fourth-order valence-electron chi connectivity index (χ4n) is 9.10. The van der Waals surface area contributed by atoms with Gasteiger partial charge in [0.05, 0.1) is 34.7 Å². The van der Waals surface area contributed by atoms with Gasteiger partial charge in [-0.1, -0.05) is 57.4 Å². The lowest BCUT2D eigenvalue weighted by molar-refractivity contribution is -0.150. The summed E-state index contributed by atoms with van der Waals surface area (Å²) in [7, 11) is 1.25. The van der Waals surface area contributed by atoms with Crippen molar-refractivity contribution in [2.45, 2.75) is 96.7 Å². The van der Waals surface area contributed by atoms with Crippen LogP contribution in [-0.2, 0) is 19.2 Å². The third-order valence-electron chi connectivity index (χ3n) is 12.7. The van der Waals surface area contributed by atoms with E-state index in [2.05, 4.69) is 67.4 Å². The molecular weight excluding hydrogens is 670 g/mol. The van der Waals surface area contributed by atoms with E-state index in [1.807, 2.05) is 25.1 Å². The maximum atomic E-state index is 14.0. The molecule has 2 bridgehead atoms. The van der Waals surface area contributed by atoms with Crippen molar-refractivity contribution in [1.29, 1.82) is 0 Å². The number of ether oxygens (including phenoxy) is 3. The zero-order chi connectivity index (χ0) is 35.8. The standard InChI is InChI=1S/C40H60ClN3O5S/c1-27-11-10-13-33(38-47-24-32(49-38)23-43(5)6)34-17-19-39(34,3)25-44-20-9-8-12-30-22-31(41)16-18-40(30,4)26-48-36-15-14-29(21-35(36)44)37(45)42-50(7,46)28(27)2/h14-16,18,21-22,27-28,30,32-34,38H,7-13,17,19-20,23-26H2,1-6H3,(H,42,45,46)/t27-,28+,30?,32+,33-,34-,38+,39?,40?,50?/m0/s1. The number of fused-ring (bicyclic) bond motifs is 3. The second-order valence-corrected chi connectivity index (χ2v) is 19.7. The number of amides is 1. The molecule has 2 fully saturated rings. The van der Waals surface area contributed by atoms with Crippen molar-refractivity contribution in [3.63, 3.8) is 0 Å². The Balaban J connectivity index is 1.38. The highest BCUT2D eigenvalue weighted by Gasteiger charge is 2.51. The largest absolute Gasteiger partial charge is 0.490 e. The molecule has 1 saturated heterocycles. The Morgan fingerprint density at radius 3 is 2.66 bits per heavy atom. The SMILES string of the molecule is C=S1(=O)NC(=O)c2ccc3c(c2)N(CCCCC2C=C(Cl)C=CC2(C)CO3)CC2(C)CC[C@H]2[C@@H]([C@@H]2OC[C@@H](CN(C)C)O2)CCC[C@H](C)[C@H]1C. The third kappa shape index (κ3) is 8.12. The van der Waals surface area contributed by atoms with Crippen LogP contribution >= 0.6 is 11.6 Å². The first-order valence-electron chi connectivity index (χ1n) is 18.9. The van der Waals surface area contributed by atoms with Crippen molar-refractivity contribution in [3.8, 4) is 5.75 Å². The second-order valence-electron chi connectivity index (χ2n) is 16.8. The van der Waals surface area contributed by atoms with Crippen LogP contribution in [0.2, 0.25) is 0 Å². The summed E-state index contributed by atoms with van der Waals surface area (Å²) in [4.78, 5) is 18.4. The first-order valence-corrected chi connectivity index (χ1v) is 21.0. The van der Waals surface area contributed by atoms with Gasteiger partial charge >= 0.3 is 0 Å². The number of benzene rings is 1. The minimum absolute atomic E-state index is 0.0311. The average Bonchev–Trinajstić information content (AvgIpc) is 3.51. The minimum Gasteiger partial charge on any atom is -0.490 e. The molecule has 10 atom stereocenters. The number of likely N-dealkylation sites (N-methyl/N-ethyl adjacent to an activating group) is 1. The first kappa shape index (κ1) is 37.7. The summed E-state index contributed by atoms with van der Waals surface area (Å²) in [6.07, 6.45) is 14.4. The molecule has 3 heterocycles. The Morgan fingerprint density at radius 2 is 1.92 bits per heavy atom. The second kappa shape index (κ2) is 15.1. The Labute approximate surface area is 306 Å². The van der Waals surface area contributed by atoms with Gasteiger partial charge in [0, 0.05) is 46.8 Å². The molecule has 2 aliphatic carbocycles. The third-order valence-corrected chi connectivity index (χ3v) is 15.1. The molecule has 4 unspecified atom stereocenters. The fraction of sp³-hybridized carbons (Fsp3) is 0.700. The van der Waals surface area contributed by atoms with Crippen molar-refractivity contribution in [2.75, 3.05) is 51.8 Å². The molecule has 6 rings (SSSR count). The molecule has 1 N–H and O–H groups in total. The molecular formula is C40H60ClN3O5S. The summed E-state index contributed by atoms with van der Waals surface area (Å²) in [6.45, 7) is 12.4. The van der Waals surface area contributed by atoms with E-state index < -0.39 is 9.71 Å². The molecule has 1 aromatic rings. The van der Waals surface area contributed by atoms with Gasteiger partial charge < -0.3 is 24.0 Å². The van der Waals surface area contributed by atoms with Crippen LogP contribution in [0.3, 0.4) is 0 Å². The van der Waals surface area contributed by atoms with E-state index in [9.17, 15) is 9.00 Å². The molecule has 3 aliphatic heterocycles. The summed E-state index contributed by atoms with van der Waals surface area (Å²) < 4.78 is 36.7. The molecule has 278 valence electrons. The topological polar surface area (TPSA) is 80.3 Å². The van der Waals surface area contributed by atoms with Crippen LogP contribution in [0.15, 0.2) is 41.5 Å². The van der Waals surface area contributed by atoms with Gasteiger partial charge in [-0.15, -0.1) is 0 Å². The van der Waals surface area contributed by atoms with Crippen molar-refractivity contribution < 1.29 is 23.2 Å². The number of hydrogen-bond acceptors (Lipinski definition) is 7. The number of carbonyl (C=O) groups is 1. The van der Waals surface area contributed by atoms with Crippen molar-refractivity contribution in [2.24, 2.45) is 34.5 Å². The number of allylic oxidation sites excluding steroid dienone is 3. The Bertz CT molecular complexity index is 1560. The van der Waals surface area contributed by atoms with E-state index in [-0.39, 0.29) is 52.1 Å². The predicted molar refractivity (Wildman–Crippen MR) is 205 cm³/mol. The molecule has 1 saturated carbocycles. The predicted octanol–water partition coefficient (Wildman–Crippen LogP) is 7.28. The Hall–Kier alpha value is -2.04. The molecule has 0 radical (unpaired) electrons. The smallest absolute Gasteiger partial charge is 0.262 e. The van der Waals surface area contributed by atoms with Crippen LogP contribution in [0, 0.1) is 34.5 Å². The van der Waals surface area contributed by atoms with E-state index in [0.29, 0.717) is 24.7 Å². The van der Waals surface area contributed by atoms with Gasteiger partial charge in [-0.05, 0) is 113 Å². The zero-order valence-electron chi connectivity index (χ0n) is 31.1. The number of carbonyl (C=O) groups excluding carboxylic acids is 1. The molecule has 0 spiro atoms. The van der Waals surface area contributed by atoms with Gasteiger partial charge in [-0.25, -0.2) is 4.21 Å². The van der Waals surface area contributed by atoms with Gasteiger partial charge in [0.15, 0.2) is 6.29 Å². The highest BCUT2D eigenvalue weighted by atomic mass is 35.5. The van der Waals surface area contributed by atoms with Crippen LogP contribution in [0.5, 0.6) is 5.75 Å². The number of nitrogens with one attached hydrogen (secondary N) is 1. The van der Waals surface area contributed by atoms with E-state index in [1.165, 1.54) is 0 Å². The van der Waals surface area contributed by atoms with Crippen molar-refractivity contribution >= 4 is 38.8 Å². The van der Waals surface area contributed by atoms with E-state index in [4.69, 9.17) is 25.8 Å². The summed E-state index contributed by atoms with van der Waals surface area (Å²) in [5.41, 5.74) is 1.22. The number of rotatable bonds is 3. The van der Waals surface area contributed by atoms with Crippen LogP contribution in [-0.4, -0.2) is 85.5 Å². The molecule has 1 aromatic carbocycles. The molecule has 1 amide bonds. The zero-order valence-corrected chi connectivity index (χ0v) is 32.7. The summed E-state index contributed by atoms with van der Waals surface area (Å²) in [6, 6.07) is 5.68. The lowest BCUT2D eigenvalue weighted by atomic mass is 9.55. The summed E-state index contributed by atoms with van der Waals surface area (Å²) >= 11 is 6.50. The van der Waals surface area contributed by atoms with E-state index in [0.717, 1.165) is 87.5 Å². The Morgan fingerprint density at radius 1 is 1.12 bits per heavy atom. The summed E-state index contributed by atoms with van der Waals surface area (Å²) in [5, 5.41) is 0.506. The van der Waals surface area contributed by atoms with Gasteiger partial charge in [0.25, 0.3) is 5.91 Å². The van der Waals surface area contributed by atoms with E-state index >= 15 is 0 Å². The van der Waals surface area contributed by atoms with Crippen LogP contribution in [0.1, 0.15) is 89.4 Å². The normalized spacial score (nSPS) is 40.0. The van der Waals surface area contributed by atoms with Crippen LogP contribution in [0.4, 0.5) is 5.69 Å². The lowest BCUT2D eigenvalue weighted by Gasteiger charge is -2.54. The van der Waals surface area contributed by atoms with Crippen molar-refractivity contribution in [1.82, 2.24) is 9.62 Å². The van der Waals surface area contributed by atoms with Gasteiger partial charge in [-0.3, -0.25) is 9.52 Å². The molecule has 0 aromatic heterocycles. The quantitative estimate of drug-likeness (QED) is 0.328. The molecule has 10 heteroatoms. The van der Waals surface area contributed by atoms with Gasteiger partial charge in [0.1, 0.15) is 5.75 Å². The van der Waals surface area contributed by atoms with E-state index in [1.54, 1.807) is 6.07 Å². The number of anilines is 1. The number of nitrogens with zero attached hydrogens (tertiary/aromatic N) is 2. The maximum Gasteiger partial charge on any atom is 0.262 e. The van der Waals surface area contributed by atoms with Crippen LogP contribution in [0.25, 0.3) is 0 Å². The lowest BCUT2D eigenvalue weighted by Crippen LogP contribution is -2.52. The fourth-order valence-corrected chi connectivity index (χ4v) is 10.8. The first-order chi connectivity index (χ1) is 23.7. The molecule has 5 aliphatic rings. The molecule has 50 heavy (non-hydrogen) atoms. The highest BCUT2D eigenvalue weighted by Crippen LogP contribution is 2.55. The Kier molecular flexibility index (Phi) is 11.4. The van der Waals surface area contributed by atoms with Crippen molar-refractivity contribution in [3.05, 3.63) is 47.0 Å². The number of hydrogen-bond donors (Lipinski definition) is 1. The van der Waals surface area contributed by atoms with Crippen LogP contribution < -0.4 is 14.4 Å². The number of halogens is 1. The highest BCUT2D eigenvalue weighted by molar-refractivity contribution is 7.99. The monoisotopic (exact) mass is 729 g/mol.